The predicted octanol–water partition coefficient (Wildman–Crippen LogP) is 1.60. The highest BCUT2D eigenvalue weighted by Gasteiger charge is 2.10. The number of aryl methyl sites for hydroxylation is 1. The number of halogens is 2. The van der Waals surface area contributed by atoms with E-state index in [-0.39, 0.29) is 5.88 Å². The smallest absolute Gasteiger partial charge is 0.333 e. The van der Waals surface area contributed by atoms with E-state index in [1.165, 1.54) is 13.3 Å². The van der Waals surface area contributed by atoms with Crippen LogP contribution in [0.15, 0.2) is 6.20 Å². The van der Waals surface area contributed by atoms with Gasteiger partial charge in [-0.2, -0.15) is 8.78 Å². The monoisotopic (exact) mass is 162 g/mol. The topological polar surface area (TPSA) is 27.1 Å². The minimum Gasteiger partial charge on any atom is -0.480 e. The fourth-order valence-corrected chi connectivity index (χ4v) is 0.768. The first-order valence-corrected chi connectivity index (χ1v) is 3.03. The van der Waals surface area contributed by atoms with Gasteiger partial charge in [-0.15, -0.1) is 5.10 Å². The zero-order valence-electron chi connectivity index (χ0n) is 6.21. The molecule has 0 spiro atoms. The Hall–Kier alpha value is -1.13. The van der Waals surface area contributed by atoms with Crippen molar-refractivity contribution in [2.45, 2.75) is 13.5 Å². The van der Waals surface area contributed by atoms with Crippen LogP contribution in [0.25, 0.3) is 0 Å². The molecular formula is C6H8F2N2O. The Morgan fingerprint density at radius 2 is 2.27 bits per heavy atom. The third kappa shape index (κ3) is 1.47. The molecule has 1 aromatic rings. The fraction of sp³-hybridized carbons (Fsp3) is 0.500. The van der Waals surface area contributed by atoms with Crippen LogP contribution in [0.4, 0.5) is 8.78 Å². The summed E-state index contributed by atoms with van der Waals surface area (Å²) in [6.07, 6.45) is 1.24. The van der Waals surface area contributed by atoms with Crippen LogP contribution < -0.4 is 4.74 Å². The number of aromatic nitrogens is 2. The van der Waals surface area contributed by atoms with E-state index in [9.17, 15) is 8.78 Å². The van der Waals surface area contributed by atoms with E-state index in [0.717, 1.165) is 0 Å². The summed E-state index contributed by atoms with van der Waals surface area (Å²) in [5.41, 5.74) is 0.604. The van der Waals surface area contributed by atoms with Gasteiger partial charge < -0.3 is 4.74 Å². The van der Waals surface area contributed by atoms with Gasteiger partial charge in [-0.05, 0) is 6.92 Å². The predicted molar refractivity (Wildman–Crippen MR) is 34.8 cm³/mol. The molecule has 0 atom stereocenters. The Morgan fingerprint density at radius 1 is 1.64 bits per heavy atom. The number of hydrogen-bond acceptors (Lipinski definition) is 2. The van der Waals surface area contributed by atoms with E-state index < -0.39 is 6.55 Å². The lowest BCUT2D eigenvalue weighted by Gasteiger charge is -1.95. The summed E-state index contributed by atoms with van der Waals surface area (Å²) < 4.78 is 29.2. The normalized spacial score (nSPS) is 10.6. The van der Waals surface area contributed by atoms with Gasteiger partial charge in [-0.25, -0.2) is 4.68 Å². The molecule has 0 bridgehead atoms. The van der Waals surface area contributed by atoms with Gasteiger partial charge in [-0.1, -0.05) is 0 Å². The quantitative estimate of drug-likeness (QED) is 0.660. The standard InChI is InChI=1S/C6H8F2N2O/c1-4-3-10(6(7)8)9-5(4)11-2/h3,6H,1-2H3. The molecule has 0 aliphatic heterocycles. The largest absolute Gasteiger partial charge is 0.480 e. The SMILES string of the molecule is COc1nn(C(F)F)cc1C. The summed E-state index contributed by atoms with van der Waals surface area (Å²) in [6, 6.07) is 0. The number of nitrogens with zero attached hydrogens (tertiary/aromatic N) is 2. The van der Waals surface area contributed by atoms with Crippen LogP contribution in [0.2, 0.25) is 0 Å². The molecular weight excluding hydrogens is 154 g/mol. The molecule has 0 aliphatic carbocycles. The van der Waals surface area contributed by atoms with E-state index in [2.05, 4.69) is 5.10 Å². The Kier molecular flexibility index (Phi) is 2.07. The summed E-state index contributed by atoms with van der Waals surface area (Å²) >= 11 is 0. The van der Waals surface area contributed by atoms with Gasteiger partial charge in [0.2, 0.25) is 5.88 Å². The minimum atomic E-state index is -2.60. The summed E-state index contributed by atoms with van der Waals surface area (Å²) in [7, 11) is 1.39. The zero-order chi connectivity index (χ0) is 8.43. The van der Waals surface area contributed by atoms with Crippen LogP contribution in [0.5, 0.6) is 5.88 Å². The van der Waals surface area contributed by atoms with Crippen molar-refractivity contribution in [1.82, 2.24) is 9.78 Å². The van der Waals surface area contributed by atoms with Crippen molar-refractivity contribution in [3.8, 4) is 5.88 Å². The molecule has 0 amide bonds. The Labute approximate surface area is 62.6 Å². The number of hydrogen-bond donors (Lipinski definition) is 0. The van der Waals surface area contributed by atoms with E-state index in [0.29, 0.717) is 10.2 Å². The van der Waals surface area contributed by atoms with E-state index >= 15 is 0 Å². The lowest BCUT2D eigenvalue weighted by atomic mass is 10.4. The first-order chi connectivity index (χ1) is 5.15. The molecule has 0 aliphatic rings. The van der Waals surface area contributed by atoms with Crippen LogP contribution in [-0.2, 0) is 0 Å². The average molecular weight is 162 g/mol. The first kappa shape index (κ1) is 7.97. The molecule has 0 aromatic carbocycles. The number of rotatable bonds is 2. The number of methoxy groups -OCH3 is 1. The van der Waals surface area contributed by atoms with Crippen LogP contribution in [0.1, 0.15) is 12.1 Å². The van der Waals surface area contributed by atoms with Crippen molar-refractivity contribution >= 4 is 0 Å². The van der Waals surface area contributed by atoms with E-state index in [1.807, 2.05) is 0 Å². The van der Waals surface area contributed by atoms with Crippen molar-refractivity contribution in [3.05, 3.63) is 11.8 Å². The Balaban J connectivity index is 2.95. The molecule has 5 heteroatoms. The summed E-state index contributed by atoms with van der Waals surface area (Å²) in [5.74, 6) is 0.241. The van der Waals surface area contributed by atoms with Gasteiger partial charge in [0, 0.05) is 11.8 Å². The minimum absolute atomic E-state index is 0.241. The summed E-state index contributed by atoms with van der Waals surface area (Å²) in [5, 5.41) is 3.47. The van der Waals surface area contributed by atoms with Crippen molar-refractivity contribution < 1.29 is 13.5 Å². The highest BCUT2D eigenvalue weighted by atomic mass is 19.3. The van der Waals surface area contributed by atoms with Crippen LogP contribution in [0, 0.1) is 6.92 Å². The molecule has 0 saturated carbocycles. The lowest BCUT2D eigenvalue weighted by molar-refractivity contribution is 0.0553. The molecule has 0 radical (unpaired) electrons. The molecule has 1 aromatic heterocycles. The average Bonchev–Trinajstić information content (AvgIpc) is 2.31. The third-order valence-electron chi connectivity index (χ3n) is 1.26. The molecule has 1 heterocycles. The molecule has 3 nitrogen and oxygen atoms in total. The highest BCUT2D eigenvalue weighted by Crippen LogP contribution is 2.17. The Bertz CT molecular complexity index is 247. The van der Waals surface area contributed by atoms with Crippen molar-refractivity contribution in [2.24, 2.45) is 0 Å². The van der Waals surface area contributed by atoms with E-state index in [4.69, 9.17) is 4.74 Å². The first-order valence-electron chi connectivity index (χ1n) is 3.03. The second kappa shape index (κ2) is 2.86. The molecule has 0 N–H and O–H groups in total. The van der Waals surface area contributed by atoms with Crippen LogP contribution in [-0.4, -0.2) is 16.9 Å². The van der Waals surface area contributed by atoms with Gasteiger partial charge >= 0.3 is 6.55 Å². The van der Waals surface area contributed by atoms with E-state index in [1.54, 1.807) is 6.92 Å². The number of alkyl halides is 2. The molecule has 1 rings (SSSR count). The maximum Gasteiger partial charge on any atom is 0.333 e. The van der Waals surface area contributed by atoms with Crippen molar-refractivity contribution in [1.29, 1.82) is 0 Å². The summed E-state index contributed by atoms with van der Waals surface area (Å²) in [6.45, 7) is -0.942. The van der Waals surface area contributed by atoms with Gasteiger partial charge in [-0.3, -0.25) is 0 Å². The maximum absolute atomic E-state index is 11.9. The lowest BCUT2D eigenvalue weighted by Crippen LogP contribution is -1.98. The van der Waals surface area contributed by atoms with Crippen LogP contribution >= 0.6 is 0 Å². The van der Waals surface area contributed by atoms with Gasteiger partial charge in [0.25, 0.3) is 0 Å². The molecule has 0 fully saturated rings. The summed E-state index contributed by atoms with van der Waals surface area (Å²) in [4.78, 5) is 0. The van der Waals surface area contributed by atoms with Crippen LogP contribution in [0.3, 0.4) is 0 Å². The second-order valence-corrected chi connectivity index (χ2v) is 2.08. The van der Waals surface area contributed by atoms with Crippen molar-refractivity contribution in [2.75, 3.05) is 7.11 Å². The third-order valence-corrected chi connectivity index (χ3v) is 1.26. The molecule has 11 heavy (non-hydrogen) atoms. The van der Waals surface area contributed by atoms with Gasteiger partial charge in [0.1, 0.15) is 0 Å². The zero-order valence-corrected chi connectivity index (χ0v) is 6.21. The Morgan fingerprint density at radius 3 is 2.55 bits per heavy atom. The van der Waals surface area contributed by atoms with Crippen molar-refractivity contribution in [3.63, 3.8) is 0 Å². The van der Waals surface area contributed by atoms with Gasteiger partial charge in [0.15, 0.2) is 0 Å². The highest BCUT2D eigenvalue weighted by molar-refractivity contribution is 5.20. The molecule has 0 unspecified atom stereocenters. The van der Waals surface area contributed by atoms with Gasteiger partial charge in [0.05, 0.1) is 7.11 Å². The maximum atomic E-state index is 11.9. The molecule has 0 saturated heterocycles. The number of ether oxygens (including phenoxy) is 1. The fourth-order valence-electron chi connectivity index (χ4n) is 0.768. The molecule has 62 valence electrons. The second-order valence-electron chi connectivity index (χ2n) is 2.08.